The molecule has 0 bridgehead atoms. The minimum atomic E-state index is -0.532. The Morgan fingerprint density at radius 1 is 1.21 bits per heavy atom. The Labute approximate surface area is 173 Å². The Balaban J connectivity index is 1.40. The fourth-order valence-electron chi connectivity index (χ4n) is 3.31. The van der Waals surface area contributed by atoms with Crippen LogP contribution in [0.1, 0.15) is 39.4 Å². The number of thiophene rings is 2. The third kappa shape index (κ3) is 3.90. The Bertz CT molecular complexity index is 1120. The number of fused-ring (bicyclic) bond motifs is 3. The molecule has 0 fully saturated rings. The molecule has 0 aromatic carbocycles. The van der Waals surface area contributed by atoms with Gasteiger partial charge in [0.15, 0.2) is 6.61 Å². The summed E-state index contributed by atoms with van der Waals surface area (Å²) in [6, 6.07) is 3.23. The second-order valence-electron chi connectivity index (χ2n) is 6.57. The van der Waals surface area contributed by atoms with Crippen molar-refractivity contribution < 1.29 is 14.3 Å². The number of aromatic nitrogens is 2. The van der Waals surface area contributed by atoms with Crippen LogP contribution in [0.15, 0.2) is 23.3 Å². The summed E-state index contributed by atoms with van der Waals surface area (Å²) < 4.78 is 6.99. The number of nitrogens with zero attached hydrogens (tertiary/aromatic N) is 2. The lowest BCUT2D eigenvalue weighted by molar-refractivity contribution is -0.142. The van der Waals surface area contributed by atoms with Gasteiger partial charge in [-0.15, -0.1) is 22.7 Å². The Hall–Kier alpha value is -2.03. The van der Waals surface area contributed by atoms with Crippen molar-refractivity contribution in [2.45, 2.75) is 38.6 Å². The summed E-state index contributed by atoms with van der Waals surface area (Å²) in [6.07, 6.45) is 5.63. The van der Waals surface area contributed by atoms with Gasteiger partial charge in [0.2, 0.25) is 5.78 Å². The van der Waals surface area contributed by atoms with E-state index in [2.05, 4.69) is 4.98 Å². The lowest BCUT2D eigenvalue weighted by Crippen LogP contribution is -2.23. The van der Waals surface area contributed by atoms with Crippen molar-refractivity contribution in [3.8, 4) is 0 Å². The highest BCUT2D eigenvalue weighted by molar-refractivity contribution is 7.19. The van der Waals surface area contributed by atoms with Gasteiger partial charge in [-0.1, -0.05) is 11.6 Å². The van der Waals surface area contributed by atoms with Crippen molar-refractivity contribution in [1.29, 1.82) is 0 Å². The highest BCUT2D eigenvalue weighted by Gasteiger charge is 2.20. The van der Waals surface area contributed by atoms with E-state index in [0.29, 0.717) is 14.6 Å². The van der Waals surface area contributed by atoms with Gasteiger partial charge in [0.1, 0.15) is 4.83 Å². The van der Waals surface area contributed by atoms with E-state index < -0.39 is 5.97 Å². The number of halogens is 1. The molecule has 0 radical (unpaired) electrons. The first kappa shape index (κ1) is 19.3. The van der Waals surface area contributed by atoms with Gasteiger partial charge in [-0.2, -0.15) is 0 Å². The van der Waals surface area contributed by atoms with Crippen molar-refractivity contribution in [2.24, 2.45) is 0 Å². The molecule has 0 amide bonds. The van der Waals surface area contributed by atoms with Crippen LogP contribution in [0.5, 0.6) is 0 Å². The molecule has 146 valence electrons. The summed E-state index contributed by atoms with van der Waals surface area (Å²) in [4.78, 5) is 43.7. The van der Waals surface area contributed by atoms with E-state index >= 15 is 0 Å². The third-order valence-corrected chi connectivity index (χ3v) is 7.18. The quantitative estimate of drug-likeness (QED) is 0.433. The summed E-state index contributed by atoms with van der Waals surface area (Å²) in [5.74, 6) is -0.828. The molecular formula is C19H17ClN2O4S2. The van der Waals surface area contributed by atoms with Crippen molar-refractivity contribution in [2.75, 3.05) is 6.61 Å². The van der Waals surface area contributed by atoms with Crippen LogP contribution < -0.4 is 5.56 Å². The van der Waals surface area contributed by atoms with Gasteiger partial charge in [0.25, 0.3) is 5.56 Å². The van der Waals surface area contributed by atoms with Crippen LogP contribution in [0, 0.1) is 0 Å². The van der Waals surface area contributed by atoms with E-state index in [9.17, 15) is 14.4 Å². The molecule has 1 aliphatic rings. The average Bonchev–Trinajstić information content (AvgIpc) is 3.29. The second-order valence-corrected chi connectivity index (χ2v) is 9.37. The lowest BCUT2D eigenvalue weighted by Gasteiger charge is -2.10. The number of ketones is 1. The minimum Gasteiger partial charge on any atom is -0.457 e. The molecule has 0 atom stereocenters. The molecular weight excluding hydrogens is 420 g/mol. The van der Waals surface area contributed by atoms with Gasteiger partial charge < -0.3 is 4.74 Å². The van der Waals surface area contributed by atoms with Gasteiger partial charge in [0, 0.05) is 11.4 Å². The molecule has 3 aromatic heterocycles. The number of carbonyl (C=O) groups is 2. The van der Waals surface area contributed by atoms with E-state index in [4.69, 9.17) is 16.3 Å². The normalized spacial score (nSPS) is 13.5. The van der Waals surface area contributed by atoms with E-state index in [0.717, 1.165) is 47.4 Å². The minimum absolute atomic E-state index is 0.00209. The molecule has 0 unspecified atom stereocenters. The van der Waals surface area contributed by atoms with Crippen molar-refractivity contribution in [3.05, 3.63) is 48.5 Å². The zero-order chi connectivity index (χ0) is 19.7. The molecule has 0 N–H and O–H groups in total. The first-order valence-corrected chi connectivity index (χ1v) is 11.0. The topological polar surface area (TPSA) is 78.3 Å². The maximum Gasteiger partial charge on any atom is 0.308 e. The Morgan fingerprint density at radius 2 is 2.04 bits per heavy atom. The number of rotatable bonds is 6. The van der Waals surface area contributed by atoms with Gasteiger partial charge in [-0.05, 0) is 43.4 Å². The number of hydrogen-bond acceptors (Lipinski definition) is 7. The molecule has 0 aliphatic heterocycles. The van der Waals surface area contributed by atoms with Crippen molar-refractivity contribution in [1.82, 2.24) is 9.55 Å². The fourth-order valence-corrected chi connectivity index (χ4v) is 5.49. The summed E-state index contributed by atoms with van der Waals surface area (Å²) >= 11 is 8.54. The van der Waals surface area contributed by atoms with Gasteiger partial charge in [0.05, 0.1) is 27.3 Å². The smallest absolute Gasteiger partial charge is 0.308 e. The van der Waals surface area contributed by atoms with Crippen molar-refractivity contribution >= 4 is 56.2 Å². The number of aryl methyl sites for hydroxylation is 3. The average molecular weight is 437 g/mol. The molecule has 0 spiro atoms. The van der Waals surface area contributed by atoms with Crippen LogP contribution >= 0.6 is 34.3 Å². The first-order chi connectivity index (χ1) is 13.5. The monoisotopic (exact) mass is 436 g/mol. The van der Waals surface area contributed by atoms with E-state index in [1.807, 2.05) is 0 Å². The highest BCUT2D eigenvalue weighted by Crippen LogP contribution is 2.33. The predicted octanol–water partition coefficient (Wildman–Crippen LogP) is 3.87. The summed E-state index contributed by atoms with van der Waals surface area (Å²) in [6.45, 7) is -0.163. The van der Waals surface area contributed by atoms with Crippen LogP contribution in [0.2, 0.25) is 4.34 Å². The van der Waals surface area contributed by atoms with Crippen LogP contribution in [0.4, 0.5) is 0 Å². The first-order valence-electron chi connectivity index (χ1n) is 8.97. The third-order valence-electron chi connectivity index (χ3n) is 4.71. The van der Waals surface area contributed by atoms with Crippen LogP contribution in [-0.2, 0) is 28.9 Å². The largest absolute Gasteiger partial charge is 0.457 e. The Kier molecular flexibility index (Phi) is 5.61. The number of hydrogen-bond donors (Lipinski definition) is 0. The SMILES string of the molecule is O=C(CCn1cnc2sc3c(c2c1=O)CCCC3)OCC(=O)c1ccc(Cl)s1. The maximum absolute atomic E-state index is 12.8. The molecule has 3 aromatic rings. The maximum atomic E-state index is 12.8. The molecule has 9 heteroatoms. The zero-order valence-corrected chi connectivity index (χ0v) is 17.3. The number of esters is 1. The van der Waals surface area contributed by atoms with Gasteiger partial charge in [-0.25, -0.2) is 4.98 Å². The molecule has 0 saturated carbocycles. The number of ether oxygens (including phenoxy) is 1. The van der Waals surface area contributed by atoms with Crippen LogP contribution in [0.25, 0.3) is 10.2 Å². The molecule has 4 rings (SSSR count). The van der Waals surface area contributed by atoms with E-state index in [1.165, 1.54) is 15.8 Å². The summed E-state index contributed by atoms with van der Waals surface area (Å²) in [5, 5.41) is 0.695. The molecule has 1 aliphatic carbocycles. The second kappa shape index (κ2) is 8.14. The van der Waals surface area contributed by atoms with Crippen LogP contribution in [0.3, 0.4) is 0 Å². The number of carbonyl (C=O) groups excluding carboxylic acids is 2. The molecule has 28 heavy (non-hydrogen) atoms. The van der Waals surface area contributed by atoms with E-state index in [-0.39, 0.29) is 30.9 Å². The standard InChI is InChI=1S/C19H17ClN2O4S2/c20-15-6-5-14(27-15)12(23)9-26-16(24)7-8-22-10-21-18-17(19(22)25)11-3-1-2-4-13(11)28-18/h5-6,10H,1-4,7-9H2. The number of Topliss-reactive ketones (excluding diaryl/α,β-unsaturated/α-hetero) is 1. The van der Waals surface area contributed by atoms with Gasteiger partial charge >= 0.3 is 5.97 Å². The highest BCUT2D eigenvalue weighted by atomic mass is 35.5. The lowest BCUT2D eigenvalue weighted by atomic mass is 9.97. The predicted molar refractivity (Wildman–Crippen MR) is 110 cm³/mol. The van der Waals surface area contributed by atoms with Crippen molar-refractivity contribution in [3.63, 3.8) is 0 Å². The zero-order valence-electron chi connectivity index (χ0n) is 14.9. The van der Waals surface area contributed by atoms with E-state index in [1.54, 1.807) is 23.5 Å². The summed E-state index contributed by atoms with van der Waals surface area (Å²) in [5.41, 5.74) is 1.02. The molecule has 0 saturated heterocycles. The van der Waals surface area contributed by atoms with Crippen LogP contribution in [-0.4, -0.2) is 27.9 Å². The Morgan fingerprint density at radius 3 is 2.82 bits per heavy atom. The molecule has 6 nitrogen and oxygen atoms in total. The van der Waals surface area contributed by atoms with Gasteiger partial charge in [-0.3, -0.25) is 19.0 Å². The molecule has 3 heterocycles. The fraction of sp³-hybridized carbons (Fsp3) is 0.368. The summed E-state index contributed by atoms with van der Waals surface area (Å²) in [7, 11) is 0.